The number of non-ortho nitro benzene ring substituents is 1. The lowest BCUT2D eigenvalue weighted by Gasteiger charge is -2.10. The summed E-state index contributed by atoms with van der Waals surface area (Å²) in [5.41, 5.74) is 2.44. The number of nitrogens with zero attached hydrogens (tertiary/aromatic N) is 6. The van der Waals surface area contributed by atoms with Crippen LogP contribution >= 0.6 is 23.2 Å². The first-order chi connectivity index (χ1) is 14.5. The molecule has 0 unspecified atom stereocenters. The molecule has 3 aromatic heterocycles. The fourth-order valence-electron chi connectivity index (χ4n) is 2.66. The van der Waals surface area contributed by atoms with Crippen LogP contribution in [-0.2, 0) is 0 Å². The smallest absolute Gasteiger partial charge is 0.400 e. The first kappa shape index (κ1) is 19.7. The molecule has 0 saturated heterocycles. The van der Waals surface area contributed by atoms with Gasteiger partial charge in [0.15, 0.2) is 5.82 Å². The van der Waals surface area contributed by atoms with Gasteiger partial charge in [0.05, 0.1) is 17.3 Å². The maximum atomic E-state index is 10.8. The van der Waals surface area contributed by atoms with Crippen molar-refractivity contribution in [3.63, 3.8) is 0 Å². The highest BCUT2D eigenvalue weighted by Crippen LogP contribution is 2.37. The first-order valence-corrected chi connectivity index (χ1v) is 9.38. The zero-order valence-corrected chi connectivity index (χ0v) is 16.7. The molecule has 0 amide bonds. The molecule has 148 valence electrons. The van der Waals surface area contributed by atoms with Crippen molar-refractivity contribution in [1.82, 2.24) is 15.0 Å². The molecule has 8 nitrogen and oxygen atoms in total. The fourth-order valence-corrected chi connectivity index (χ4v) is 2.94. The van der Waals surface area contributed by atoms with Crippen LogP contribution in [-0.4, -0.2) is 19.9 Å². The first-order valence-electron chi connectivity index (χ1n) is 8.62. The molecule has 1 aromatic carbocycles. The monoisotopic (exact) mass is 438 g/mol. The Hall–Kier alpha value is -3.62. The van der Waals surface area contributed by atoms with Crippen LogP contribution in [0.15, 0.2) is 73.3 Å². The van der Waals surface area contributed by atoms with Gasteiger partial charge in [-0.05, 0) is 52.7 Å². The molecular weight excluding hydrogens is 427 g/mol. The minimum atomic E-state index is -0.483. The Bertz CT molecular complexity index is 1200. The highest BCUT2D eigenvalue weighted by atomic mass is 35.5. The van der Waals surface area contributed by atoms with Crippen molar-refractivity contribution in [2.24, 2.45) is 0 Å². The second kappa shape index (κ2) is 8.40. The summed E-state index contributed by atoms with van der Waals surface area (Å²) in [4.78, 5) is 22.9. The van der Waals surface area contributed by atoms with Gasteiger partial charge in [-0.1, -0.05) is 33.7 Å². The van der Waals surface area contributed by atoms with Gasteiger partial charge < -0.3 is 5.32 Å². The zero-order chi connectivity index (χ0) is 21.1. The summed E-state index contributed by atoms with van der Waals surface area (Å²) < 4.78 is 1.68. The van der Waals surface area contributed by atoms with Crippen LogP contribution in [0.25, 0.3) is 22.4 Å². The van der Waals surface area contributed by atoms with E-state index in [1.807, 2.05) is 24.3 Å². The Labute approximate surface area is 181 Å². The topological polar surface area (TPSA) is 99.8 Å². The summed E-state index contributed by atoms with van der Waals surface area (Å²) in [7, 11) is 0. The van der Waals surface area contributed by atoms with Crippen LogP contribution in [0.4, 0.5) is 17.2 Å². The third-order valence-corrected chi connectivity index (χ3v) is 4.87. The normalized spacial score (nSPS) is 10.6. The summed E-state index contributed by atoms with van der Waals surface area (Å²) in [5.74, 6) is 0.442. The third-order valence-electron chi connectivity index (χ3n) is 4.15. The Balaban J connectivity index is 1.63. The molecule has 0 fully saturated rings. The number of pyridine rings is 2. The fraction of sp³-hybridized carbons (Fsp3) is 0. The number of nitro benzene ring substituents is 1. The van der Waals surface area contributed by atoms with Crippen molar-refractivity contribution in [3.8, 4) is 17.1 Å². The molecule has 0 bridgehead atoms. The minimum absolute atomic E-state index is 0.0358. The Morgan fingerprint density at radius 2 is 1.53 bits per heavy atom. The van der Waals surface area contributed by atoms with E-state index in [-0.39, 0.29) is 27.6 Å². The molecule has 4 aromatic rings. The molecule has 0 radical (unpaired) electrons. The largest absolute Gasteiger partial charge is 0.439 e. The molecule has 0 spiro atoms. The predicted octanol–water partition coefficient (Wildman–Crippen LogP) is 5.37. The quantitative estimate of drug-likeness (QED) is 0.180. The van der Waals surface area contributed by atoms with Crippen LogP contribution in [0.2, 0.25) is 10.2 Å². The predicted molar refractivity (Wildman–Crippen MR) is 113 cm³/mol. The second-order valence-corrected chi connectivity index (χ2v) is 6.80. The summed E-state index contributed by atoms with van der Waals surface area (Å²) >= 11 is 12.4. The van der Waals surface area contributed by atoms with Crippen LogP contribution in [0.5, 0.6) is 0 Å². The lowest BCUT2D eigenvalue weighted by molar-refractivity contribution is -0.603. The van der Waals surface area contributed by atoms with Gasteiger partial charge in [-0.3, -0.25) is 15.1 Å². The molecule has 10 heteroatoms. The number of hydrogen-bond donors (Lipinski definition) is 0. The molecular formula is C20H12Cl2N6O2. The summed E-state index contributed by atoms with van der Waals surface area (Å²) in [6.07, 6.45) is 7.05. The van der Waals surface area contributed by atoms with Crippen LogP contribution in [0.3, 0.4) is 0 Å². The van der Waals surface area contributed by atoms with Gasteiger partial charge in [0.2, 0.25) is 5.15 Å². The van der Waals surface area contributed by atoms with Crippen molar-refractivity contribution in [2.45, 2.75) is 0 Å². The molecule has 0 atom stereocenters. The average Bonchev–Trinajstić information content (AvgIpc) is 2.78. The van der Waals surface area contributed by atoms with Crippen LogP contribution in [0.1, 0.15) is 0 Å². The third kappa shape index (κ3) is 4.19. The number of nitro groups is 1. The van der Waals surface area contributed by atoms with Crippen LogP contribution in [0, 0.1) is 10.1 Å². The summed E-state index contributed by atoms with van der Waals surface area (Å²) in [6.45, 7) is 0. The van der Waals surface area contributed by atoms with E-state index in [1.54, 1.807) is 29.4 Å². The summed E-state index contributed by atoms with van der Waals surface area (Å²) in [5, 5.41) is 15.3. The van der Waals surface area contributed by atoms with Gasteiger partial charge in [0.1, 0.15) is 5.02 Å². The van der Waals surface area contributed by atoms with E-state index in [0.29, 0.717) is 5.69 Å². The number of rotatable bonds is 5. The van der Waals surface area contributed by atoms with Gasteiger partial charge in [0, 0.05) is 24.5 Å². The van der Waals surface area contributed by atoms with Gasteiger partial charge in [-0.15, -0.1) is 0 Å². The molecule has 0 N–H and O–H groups in total. The van der Waals surface area contributed by atoms with Crippen molar-refractivity contribution in [2.75, 3.05) is 0 Å². The van der Waals surface area contributed by atoms with Gasteiger partial charge in [-0.2, -0.15) is 0 Å². The van der Waals surface area contributed by atoms with E-state index in [0.717, 1.165) is 11.1 Å². The van der Waals surface area contributed by atoms with Gasteiger partial charge in [0.25, 0.3) is 5.69 Å². The van der Waals surface area contributed by atoms with Crippen molar-refractivity contribution >= 4 is 40.4 Å². The van der Waals surface area contributed by atoms with E-state index in [2.05, 4.69) is 20.3 Å². The SMILES string of the molecule is O=[N+]([O-])c1ccc([N-]c2nc(-[n+]3ccc(-c4ccncc4)cc3)nc(Cl)c2Cl)cc1. The molecule has 4 rings (SSSR count). The maximum Gasteiger partial charge on any atom is 0.439 e. The Morgan fingerprint density at radius 3 is 2.17 bits per heavy atom. The molecule has 0 aliphatic heterocycles. The number of benzene rings is 1. The van der Waals surface area contributed by atoms with E-state index in [4.69, 9.17) is 23.2 Å². The van der Waals surface area contributed by atoms with Gasteiger partial charge >= 0.3 is 5.95 Å². The number of aromatic nitrogens is 4. The highest BCUT2D eigenvalue weighted by Gasteiger charge is 2.19. The second-order valence-electron chi connectivity index (χ2n) is 6.07. The number of halogens is 2. The standard InChI is InChI=1S/C20H12Cl2N6O2/c21-17-18(22)25-20(26-19(17)24-15-1-3-16(4-2-15)28(29)30)27-11-7-14(8-12-27)13-5-9-23-10-6-13/h1-12H. The molecule has 30 heavy (non-hydrogen) atoms. The lowest BCUT2D eigenvalue weighted by atomic mass is 10.1. The zero-order valence-electron chi connectivity index (χ0n) is 15.2. The van der Waals surface area contributed by atoms with Crippen LogP contribution < -0.4 is 4.57 Å². The minimum Gasteiger partial charge on any atom is -0.400 e. The number of hydrogen-bond acceptors (Lipinski definition) is 5. The van der Waals surface area contributed by atoms with Crippen molar-refractivity contribution < 1.29 is 9.49 Å². The van der Waals surface area contributed by atoms with E-state index >= 15 is 0 Å². The van der Waals surface area contributed by atoms with E-state index in [9.17, 15) is 10.1 Å². The van der Waals surface area contributed by atoms with E-state index in [1.165, 1.54) is 24.3 Å². The summed E-state index contributed by atoms with van der Waals surface area (Å²) in [6, 6.07) is 13.4. The molecule has 0 aliphatic rings. The Kier molecular flexibility index (Phi) is 5.51. The van der Waals surface area contributed by atoms with Crippen molar-refractivity contribution in [1.29, 1.82) is 0 Å². The Morgan fingerprint density at radius 1 is 0.900 bits per heavy atom. The molecule has 0 aliphatic carbocycles. The molecule has 3 heterocycles. The molecule has 0 saturated carbocycles. The maximum absolute atomic E-state index is 10.8. The van der Waals surface area contributed by atoms with E-state index < -0.39 is 4.92 Å². The highest BCUT2D eigenvalue weighted by molar-refractivity contribution is 6.43. The van der Waals surface area contributed by atoms with Gasteiger partial charge in [-0.25, -0.2) is 4.57 Å². The van der Waals surface area contributed by atoms with Crippen molar-refractivity contribution in [3.05, 3.63) is 98.9 Å². The lowest BCUT2D eigenvalue weighted by Crippen LogP contribution is -2.32. The average molecular weight is 439 g/mol.